The molecule has 0 aromatic heterocycles. The molecule has 7 nitrogen and oxygen atoms in total. The van der Waals surface area contributed by atoms with Gasteiger partial charge in [-0.25, -0.2) is 0 Å². The summed E-state index contributed by atoms with van der Waals surface area (Å²) < 4.78 is 16.6. The van der Waals surface area contributed by atoms with E-state index in [1.165, 1.54) is 0 Å². The van der Waals surface area contributed by atoms with Crippen molar-refractivity contribution in [1.29, 1.82) is 0 Å². The largest absolute Gasteiger partial charge is 0.497 e. The molecule has 7 heteroatoms. The molecule has 3 fully saturated rings. The standard InChI is InChI=1S/C20H26N2O5/c1-25-8-7-21-18(23)16-9-13-4-3-12(16)11-20(13)22-19(24)15-6-5-14(26-2)10-17(15)27-20/h5-6,10,12-13,16H,3-4,7-9,11H2,1-2H3,(H,21,23)(H,22,24)/t12-,13+,16+,20-/m0/s1. The zero-order chi connectivity index (χ0) is 19.0. The Labute approximate surface area is 158 Å². The summed E-state index contributed by atoms with van der Waals surface area (Å²) in [4.78, 5) is 25.3. The quantitative estimate of drug-likeness (QED) is 0.767. The molecule has 1 aromatic rings. The molecule has 2 N–H and O–H groups in total. The zero-order valence-electron chi connectivity index (χ0n) is 15.7. The molecule has 5 rings (SSSR count). The topological polar surface area (TPSA) is 85.9 Å². The fraction of sp³-hybridized carbons (Fsp3) is 0.600. The molecule has 146 valence electrons. The minimum absolute atomic E-state index is 0.0292. The van der Waals surface area contributed by atoms with Gasteiger partial charge in [-0.2, -0.15) is 0 Å². The molecule has 4 atom stereocenters. The highest BCUT2D eigenvalue weighted by Crippen LogP contribution is 2.52. The predicted molar refractivity (Wildman–Crippen MR) is 97.6 cm³/mol. The van der Waals surface area contributed by atoms with E-state index in [0.717, 1.165) is 19.3 Å². The van der Waals surface area contributed by atoms with E-state index in [2.05, 4.69) is 10.6 Å². The second-order valence-electron chi connectivity index (χ2n) is 7.67. The molecule has 1 aliphatic heterocycles. The summed E-state index contributed by atoms with van der Waals surface area (Å²) in [5.74, 6) is 1.47. The van der Waals surface area contributed by atoms with Gasteiger partial charge in [0.05, 0.1) is 19.3 Å². The van der Waals surface area contributed by atoms with Crippen LogP contribution in [0.2, 0.25) is 0 Å². The molecule has 1 aromatic carbocycles. The highest BCUT2D eigenvalue weighted by molar-refractivity contribution is 5.98. The molecule has 0 unspecified atom stereocenters. The summed E-state index contributed by atoms with van der Waals surface area (Å²) in [6.45, 7) is 1.03. The van der Waals surface area contributed by atoms with E-state index < -0.39 is 5.72 Å². The molecule has 2 bridgehead atoms. The number of methoxy groups -OCH3 is 2. The minimum Gasteiger partial charge on any atom is -0.497 e. The van der Waals surface area contributed by atoms with Crippen LogP contribution >= 0.6 is 0 Å². The lowest BCUT2D eigenvalue weighted by Crippen LogP contribution is -2.67. The highest BCUT2D eigenvalue weighted by atomic mass is 16.5. The molecule has 0 radical (unpaired) electrons. The molecular formula is C20H26N2O5. The molecule has 4 aliphatic rings. The first-order valence-corrected chi connectivity index (χ1v) is 9.52. The summed E-state index contributed by atoms with van der Waals surface area (Å²) in [6, 6.07) is 5.25. The van der Waals surface area contributed by atoms with Crippen molar-refractivity contribution in [2.24, 2.45) is 17.8 Å². The number of hydrogen-bond acceptors (Lipinski definition) is 5. The maximum Gasteiger partial charge on any atom is 0.258 e. The number of ether oxygens (including phenoxy) is 3. The third-order valence-corrected chi connectivity index (χ3v) is 6.21. The smallest absolute Gasteiger partial charge is 0.258 e. The lowest BCUT2D eigenvalue weighted by atomic mass is 9.60. The molecule has 1 spiro atoms. The molecule has 3 aliphatic carbocycles. The Bertz CT molecular complexity index is 752. The van der Waals surface area contributed by atoms with Crippen LogP contribution in [0.5, 0.6) is 11.5 Å². The van der Waals surface area contributed by atoms with Crippen molar-refractivity contribution in [1.82, 2.24) is 10.6 Å². The van der Waals surface area contributed by atoms with Crippen LogP contribution in [0.25, 0.3) is 0 Å². The van der Waals surface area contributed by atoms with Crippen molar-refractivity contribution in [3.05, 3.63) is 23.8 Å². The van der Waals surface area contributed by atoms with Gasteiger partial charge >= 0.3 is 0 Å². The highest BCUT2D eigenvalue weighted by Gasteiger charge is 2.57. The van der Waals surface area contributed by atoms with Crippen LogP contribution in [-0.2, 0) is 9.53 Å². The van der Waals surface area contributed by atoms with Crippen LogP contribution in [0.15, 0.2) is 18.2 Å². The monoisotopic (exact) mass is 374 g/mol. The van der Waals surface area contributed by atoms with Crippen LogP contribution in [0.1, 0.15) is 36.0 Å². The summed E-state index contributed by atoms with van der Waals surface area (Å²) >= 11 is 0. The maximum absolute atomic E-state index is 12.7. The van der Waals surface area contributed by atoms with Crippen molar-refractivity contribution in [2.75, 3.05) is 27.4 Å². The summed E-state index contributed by atoms with van der Waals surface area (Å²) in [5, 5.41) is 6.08. The first-order valence-electron chi connectivity index (χ1n) is 9.52. The van der Waals surface area contributed by atoms with Crippen molar-refractivity contribution < 1.29 is 23.8 Å². The fourth-order valence-corrected chi connectivity index (χ4v) is 4.85. The van der Waals surface area contributed by atoms with Gasteiger partial charge in [0, 0.05) is 38.0 Å². The van der Waals surface area contributed by atoms with Crippen LogP contribution in [0, 0.1) is 17.8 Å². The average molecular weight is 374 g/mol. The molecular weight excluding hydrogens is 348 g/mol. The van der Waals surface area contributed by atoms with Gasteiger partial charge in [0.25, 0.3) is 5.91 Å². The number of carbonyl (C=O) groups excluding carboxylic acids is 2. The molecule has 0 saturated heterocycles. The lowest BCUT2D eigenvalue weighted by Gasteiger charge is -2.55. The average Bonchev–Trinajstić information content (AvgIpc) is 2.67. The third kappa shape index (κ3) is 3.14. The van der Waals surface area contributed by atoms with E-state index in [1.54, 1.807) is 32.4 Å². The van der Waals surface area contributed by atoms with E-state index >= 15 is 0 Å². The van der Waals surface area contributed by atoms with Crippen LogP contribution in [0.3, 0.4) is 0 Å². The number of carbonyl (C=O) groups is 2. The van der Waals surface area contributed by atoms with Crippen LogP contribution in [0.4, 0.5) is 0 Å². The first-order chi connectivity index (χ1) is 13.1. The van der Waals surface area contributed by atoms with Crippen LogP contribution < -0.4 is 20.1 Å². The number of nitrogens with one attached hydrogen (secondary N) is 2. The number of amides is 2. The van der Waals surface area contributed by atoms with Crippen LogP contribution in [-0.4, -0.2) is 44.9 Å². The Balaban J connectivity index is 1.53. The van der Waals surface area contributed by atoms with Crippen molar-refractivity contribution in [2.45, 2.75) is 31.4 Å². The summed E-state index contributed by atoms with van der Waals surface area (Å²) in [7, 11) is 3.21. The van der Waals surface area contributed by atoms with E-state index in [0.29, 0.717) is 36.6 Å². The Morgan fingerprint density at radius 2 is 2.22 bits per heavy atom. The van der Waals surface area contributed by atoms with Gasteiger partial charge in [0.1, 0.15) is 11.5 Å². The minimum atomic E-state index is -0.720. The van der Waals surface area contributed by atoms with Crippen molar-refractivity contribution in [3.8, 4) is 11.5 Å². The molecule has 1 heterocycles. The summed E-state index contributed by atoms with van der Waals surface area (Å²) in [6.07, 6.45) is 3.32. The van der Waals surface area contributed by atoms with Crippen molar-refractivity contribution in [3.63, 3.8) is 0 Å². The van der Waals surface area contributed by atoms with E-state index in [-0.39, 0.29) is 29.6 Å². The summed E-state index contributed by atoms with van der Waals surface area (Å²) in [5.41, 5.74) is -0.195. The van der Waals surface area contributed by atoms with E-state index in [9.17, 15) is 9.59 Å². The molecule has 27 heavy (non-hydrogen) atoms. The number of benzene rings is 1. The fourth-order valence-electron chi connectivity index (χ4n) is 4.85. The van der Waals surface area contributed by atoms with Gasteiger partial charge in [0.15, 0.2) is 5.72 Å². The molecule has 2 amide bonds. The predicted octanol–water partition coefficient (Wildman–Crippen LogP) is 1.71. The zero-order valence-corrected chi connectivity index (χ0v) is 15.7. The Hall–Kier alpha value is -2.28. The van der Waals surface area contributed by atoms with Gasteiger partial charge in [-0.15, -0.1) is 0 Å². The number of rotatable bonds is 5. The Morgan fingerprint density at radius 3 is 2.93 bits per heavy atom. The SMILES string of the molecule is COCCNC(=O)[C@@H]1C[C@H]2CC[C@H]1C[C@@]21NC(=O)c2ccc(OC)cc2O1. The maximum atomic E-state index is 12.7. The normalized spacial score (nSPS) is 31.0. The molecule has 3 saturated carbocycles. The van der Waals surface area contributed by atoms with E-state index in [1.807, 2.05) is 0 Å². The number of hydrogen-bond donors (Lipinski definition) is 2. The van der Waals surface area contributed by atoms with Gasteiger partial charge < -0.3 is 24.8 Å². The lowest BCUT2D eigenvalue weighted by molar-refractivity contribution is -0.146. The van der Waals surface area contributed by atoms with Crippen molar-refractivity contribution >= 4 is 11.8 Å². The Morgan fingerprint density at radius 1 is 1.37 bits per heavy atom. The first kappa shape index (κ1) is 18.1. The van der Waals surface area contributed by atoms with Gasteiger partial charge in [-0.1, -0.05) is 0 Å². The van der Waals surface area contributed by atoms with Gasteiger partial charge in [0.2, 0.25) is 5.91 Å². The van der Waals surface area contributed by atoms with Gasteiger partial charge in [-0.3, -0.25) is 9.59 Å². The second kappa shape index (κ2) is 7.03. The number of fused-ring (bicyclic) bond motifs is 3. The van der Waals surface area contributed by atoms with Gasteiger partial charge in [-0.05, 0) is 37.3 Å². The second-order valence-corrected chi connectivity index (χ2v) is 7.67. The van der Waals surface area contributed by atoms with E-state index in [4.69, 9.17) is 14.2 Å². The Kier molecular flexibility index (Phi) is 4.72. The third-order valence-electron chi connectivity index (χ3n) is 6.21.